The number of nitrogens with zero attached hydrogens (tertiary/aromatic N) is 5. The van der Waals surface area contributed by atoms with Crippen molar-refractivity contribution < 1.29 is 9.53 Å². The molecule has 2 rings (SSSR count). The van der Waals surface area contributed by atoms with Gasteiger partial charge in [-0.2, -0.15) is 0 Å². The summed E-state index contributed by atoms with van der Waals surface area (Å²) >= 11 is 1.46. The molecule has 0 saturated carbocycles. The third-order valence-electron chi connectivity index (χ3n) is 3.75. The molecule has 7 nitrogen and oxygen atoms in total. The van der Waals surface area contributed by atoms with Gasteiger partial charge in [0.1, 0.15) is 0 Å². The van der Waals surface area contributed by atoms with Crippen LogP contribution in [-0.4, -0.2) is 70.7 Å². The maximum atomic E-state index is 12.1. The summed E-state index contributed by atoms with van der Waals surface area (Å²) in [6, 6.07) is 0. The first-order valence-corrected chi connectivity index (χ1v) is 8.86. The van der Waals surface area contributed by atoms with Gasteiger partial charge in [-0.15, -0.1) is 10.2 Å². The zero-order chi connectivity index (χ0) is 15.9. The van der Waals surface area contributed by atoms with Crippen LogP contribution in [0, 0.1) is 0 Å². The van der Waals surface area contributed by atoms with Gasteiger partial charge in [0.15, 0.2) is 5.16 Å². The Balaban J connectivity index is 2.02. The fraction of sp³-hybridized carbons (Fsp3) is 0.786. The van der Waals surface area contributed by atoms with Crippen LogP contribution in [0.4, 0.5) is 5.95 Å². The van der Waals surface area contributed by atoms with Crippen molar-refractivity contribution in [2.24, 2.45) is 0 Å². The minimum atomic E-state index is 0.147. The standard InChI is InChI=1S/C14H25N5O2S/c1-4-17(5-2)12(20)11-22-14-16-15-13(19(14)6-3)18-7-9-21-10-8-18/h4-11H2,1-3H3. The molecule has 1 amide bonds. The molecule has 1 aliphatic heterocycles. The predicted octanol–water partition coefficient (Wildman–Crippen LogP) is 1.10. The molecule has 0 bridgehead atoms. The van der Waals surface area contributed by atoms with Gasteiger partial charge in [-0.3, -0.25) is 9.36 Å². The Kier molecular flexibility index (Phi) is 6.50. The Hall–Kier alpha value is -1.28. The van der Waals surface area contributed by atoms with E-state index in [0.29, 0.717) is 5.75 Å². The van der Waals surface area contributed by atoms with Crippen molar-refractivity contribution in [3.05, 3.63) is 0 Å². The number of thioether (sulfide) groups is 1. The fourth-order valence-electron chi connectivity index (χ4n) is 2.46. The van der Waals surface area contributed by atoms with E-state index in [4.69, 9.17) is 4.74 Å². The van der Waals surface area contributed by atoms with E-state index in [2.05, 4.69) is 26.6 Å². The Morgan fingerprint density at radius 2 is 1.91 bits per heavy atom. The number of hydrogen-bond donors (Lipinski definition) is 0. The first-order chi connectivity index (χ1) is 10.7. The minimum absolute atomic E-state index is 0.147. The number of morpholine rings is 1. The lowest BCUT2D eigenvalue weighted by Gasteiger charge is -2.27. The quantitative estimate of drug-likeness (QED) is 0.699. The monoisotopic (exact) mass is 327 g/mol. The number of aromatic nitrogens is 3. The van der Waals surface area contributed by atoms with Crippen LogP contribution < -0.4 is 4.90 Å². The number of anilines is 1. The summed E-state index contributed by atoms with van der Waals surface area (Å²) in [6.45, 7) is 11.5. The van der Waals surface area contributed by atoms with E-state index in [-0.39, 0.29) is 5.91 Å². The van der Waals surface area contributed by atoms with E-state index in [0.717, 1.165) is 57.0 Å². The number of carbonyl (C=O) groups excluding carboxylic acids is 1. The number of amides is 1. The van der Waals surface area contributed by atoms with Crippen LogP contribution in [0.5, 0.6) is 0 Å². The van der Waals surface area contributed by atoms with E-state index in [1.54, 1.807) is 0 Å². The largest absolute Gasteiger partial charge is 0.378 e. The lowest BCUT2D eigenvalue weighted by Crippen LogP contribution is -2.38. The number of ether oxygens (including phenoxy) is 1. The molecule has 8 heteroatoms. The molecule has 0 aromatic carbocycles. The molecule has 124 valence electrons. The van der Waals surface area contributed by atoms with Crippen molar-refractivity contribution in [3.8, 4) is 0 Å². The van der Waals surface area contributed by atoms with Gasteiger partial charge in [0.2, 0.25) is 11.9 Å². The van der Waals surface area contributed by atoms with Crippen molar-refractivity contribution >= 4 is 23.6 Å². The third kappa shape index (κ3) is 3.92. The van der Waals surface area contributed by atoms with Crippen LogP contribution in [-0.2, 0) is 16.1 Å². The molecule has 0 aliphatic carbocycles. The average molecular weight is 327 g/mol. The highest BCUT2D eigenvalue weighted by Crippen LogP contribution is 2.22. The second-order valence-electron chi connectivity index (χ2n) is 4.98. The summed E-state index contributed by atoms with van der Waals surface area (Å²) in [5, 5.41) is 9.39. The summed E-state index contributed by atoms with van der Waals surface area (Å²) in [5.41, 5.74) is 0. The van der Waals surface area contributed by atoms with Crippen molar-refractivity contribution in [2.75, 3.05) is 50.0 Å². The molecular weight excluding hydrogens is 302 g/mol. The van der Waals surface area contributed by atoms with Crippen LogP contribution in [0.3, 0.4) is 0 Å². The Bertz CT molecular complexity index is 484. The van der Waals surface area contributed by atoms with Gasteiger partial charge in [0.25, 0.3) is 0 Å². The lowest BCUT2D eigenvalue weighted by molar-refractivity contribution is -0.127. The Morgan fingerprint density at radius 3 is 2.50 bits per heavy atom. The smallest absolute Gasteiger partial charge is 0.233 e. The summed E-state index contributed by atoms with van der Waals surface area (Å²) in [6.07, 6.45) is 0. The molecular formula is C14H25N5O2S. The summed E-state index contributed by atoms with van der Waals surface area (Å²) in [4.78, 5) is 16.1. The number of rotatable bonds is 7. The average Bonchev–Trinajstić information content (AvgIpc) is 2.97. The highest BCUT2D eigenvalue weighted by molar-refractivity contribution is 7.99. The molecule has 1 saturated heterocycles. The number of hydrogen-bond acceptors (Lipinski definition) is 6. The predicted molar refractivity (Wildman–Crippen MR) is 87.4 cm³/mol. The second-order valence-corrected chi connectivity index (χ2v) is 5.92. The van der Waals surface area contributed by atoms with Crippen molar-refractivity contribution in [1.82, 2.24) is 19.7 Å². The highest BCUT2D eigenvalue weighted by Gasteiger charge is 2.20. The number of carbonyl (C=O) groups is 1. The molecule has 0 radical (unpaired) electrons. The van der Waals surface area contributed by atoms with E-state index in [1.165, 1.54) is 11.8 Å². The zero-order valence-electron chi connectivity index (χ0n) is 13.6. The SMILES string of the molecule is CCN(CC)C(=O)CSc1nnc(N2CCOCC2)n1CC. The van der Waals surface area contributed by atoms with Gasteiger partial charge in [0.05, 0.1) is 19.0 Å². The normalized spacial score (nSPS) is 15.1. The van der Waals surface area contributed by atoms with Crippen LogP contribution in [0.25, 0.3) is 0 Å². The second kappa shape index (κ2) is 8.38. The molecule has 22 heavy (non-hydrogen) atoms. The summed E-state index contributed by atoms with van der Waals surface area (Å²) < 4.78 is 7.45. The maximum absolute atomic E-state index is 12.1. The molecule has 1 fully saturated rings. The molecule has 0 unspecified atom stereocenters. The van der Waals surface area contributed by atoms with Crippen LogP contribution in [0.2, 0.25) is 0 Å². The fourth-order valence-corrected chi connectivity index (χ4v) is 3.36. The molecule has 1 aliphatic rings. The zero-order valence-corrected chi connectivity index (χ0v) is 14.4. The van der Waals surface area contributed by atoms with E-state index < -0.39 is 0 Å². The van der Waals surface area contributed by atoms with E-state index >= 15 is 0 Å². The molecule has 0 spiro atoms. The van der Waals surface area contributed by atoms with Gasteiger partial charge >= 0.3 is 0 Å². The van der Waals surface area contributed by atoms with Gasteiger partial charge in [-0.25, -0.2) is 0 Å². The summed E-state index contributed by atoms with van der Waals surface area (Å²) in [5.74, 6) is 1.43. The van der Waals surface area contributed by atoms with Crippen LogP contribution in [0.1, 0.15) is 20.8 Å². The van der Waals surface area contributed by atoms with Crippen molar-refractivity contribution in [2.45, 2.75) is 32.5 Å². The topological polar surface area (TPSA) is 63.5 Å². The molecule has 0 N–H and O–H groups in total. The van der Waals surface area contributed by atoms with Gasteiger partial charge in [-0.05, 0) is 20.8 Å². The van der Waals surface area contributed by atoms with Gasteiger partial charge in [-0.1, -0.05) is 11.8 Å². The molecule has 1 aromatic rings. The van der Waals surface area contributed by atoms with E-state index in [9.17, 15) is 4.79 Å². The Labute approximate surface area is 136 Å². The van der Waals surface area contributed by atoms with Crippen LogP contribution >= 0.6 is 11.8 Å². The van der Waals surface area contributed by atoms with Crippen molar-refractivity contribution in [3.63, 3.8) is 0 Å². The van der Waals surface area contributed by atoms with E-state index in [1.807, 2.05) is 18.7 Å². The molecule has 0 atom stereocenters. The third-order valence-corrected chi connectivity index (χ3v) is 4.70. The maximum Gasteiger partial charge on any atom is 0.233 e. The van der Waals surface area contributed by atoms with Gasteiger partial charge < -0.3 is 14.5 Å². The first kappa shape index (κ1) is 17.1. The van der Waals surface area contributed by atoms with Gasteiger partial charge in [0, 0.05) is 32.7 Å². The minimum Gasteiger partial charge on any atom is -0.378 e. The first-order valence-electron chi connectivity index (χ1n) is 7.87. The lowest BCUT2D eigenvalue weighted by atomic mass is 10.4. The Morgan fingerprint density at radius 1 is 1.23 bits per heavy atom. The van der Waals surface area contributed by atoms with Crippen LogP contribution in [0.15, 0.2) is 5.16 Å². The summed E-state index contributed by atoms with van der Waals surface area (Å²) in [7, 11) is 0. The van der Waals surface area contributed by atoms with Crippen molar-refractivity contribution in [1.29, 1.82) is 0 Å². The highest BCUT2D eigenvalue weighted by atomic mass is 32.2. The molecule has 2 heterocycles. The molecule has 1 aromatic heterocycles.